The predicted molar refractivity (Wildman–Crippen MR) is 42.0 cm³/mol. The highest BCUT2D eigenvalue weighted by molar-refractivity contribution is 5.86. The van der Waals surface area contributed by atoms with Gasteiger partial charge in [0.1, 0.15) is 6.04 Å². The minimum absolute atomic E-state index is 0.150. The van der Waals surface area contributed by atoms with E-state index in [2.05, 4.69) is 10.6 Å². The van der Waals surface area contributed by atoms with Crippen molar-refractivity contribution in [3.05, 3.63) is 0 Å². The molecule has 0 aromatic rings. The molecule has 0 saturated carbocycles. The van der Waals surface area contributed by atoms with Crippen molar-refractivity contribution in [2.75, 3.05) is 7.05 Å². The van der Waals surface area contributed by atoms with E-state index in [9.17, 15) is 9.59 Å². The zero-order valence-corrected chi connectivity index (χ0v) is 7.10. The van der Waals surface area contributed by atoms with E-state index in [0.717, 1.165) is 0 Å². The molecule has 0 aromatic carbocycles. The van der Waals surface area contributed by atoms with Crippen molar-refractivity contribution in [2.24, 2.45) is 0 Å². The van der Waals surface area contributed by atoms with Gasteiger partial charge in [-0.05, 0) is 6.42 Å². The molecule has 0 heterocycles. The number of carbonyl (C=O) groups excluding carboxylic acids is 2. The molecule has 0 bridgehead atoms. The van der Waals surface area contributed by atoms with Crippen molar-refractivity contribution in [2.45, 2.75) is 26.3 Å². The van der Waals surface area contributed by atoms with Crippen LogP contribution in [0.3, 0.4) is 0 Å². The third kappa shape index (κ3) is 3.60. The van der Waals surface area contributed by atoms with Crippen LogP contribution in [0.2, 0.25) is 0 Å². The van der Waals surface area contributed by atoms with E-state index in [1.54, 1.807) is 7.05 Å². The first kappa shape index (κ1) is 9.94. The van der Waals surface area contributed by atoms with Crippen LogP contribution in [-0.4, -0.2) is 24.9 Å². The summed E-state index contributed by atoms with van der Waals surface area (Å²) in [4.78, 5) is 21.5. The molecular formula is C7H14N2O2. The fourth-order valence-electron chi connectivity index (χ4n) is 0.773. The predicted octanol–water partition coefficient (Wildman–Crippen LogP) is -0.353. The van der Waals surface area contributed by atoms with Crippen molar-refractivity contribution in [3.63, 3.8) is 0 Å². The summed E-state index contributed by atoms with van der Waals surface area (Å²) in [6, 6.07) is -0.391. The summed E-state index contributed by atoms with van der Waals surface area (Å²) >= 11 is 0. The molecule has 0 fully saturated rings. The summed E-state index contributed by atoms with van der Waals surface area (Å²) in [7, 11) is 1.55. The van der Waals surface area contributed by atoms with Gasteiger partial charge in [-0.3, -0.25) is 9.59 Å². The largest absolute Gasteiger partial charge is 0.357 e. The number of carbonyl (C=O) groups is 2. The normalized spacial score (nSPS) is 11.9. The molecule has 64 valence electrons. The lowest BCUT2D eigenvalue weighted by atomic mass is 10.2. The molecule has 0 aliphatic rings. The Morgan fingerprint density at radius 3 is 2.27 bits per heavy atom. The van der Waals surface area contributed by atoms with Crippen molar-refractivity contribution >= 4 is 11.8 Å². The summed E-state index contributed by atoms with van der Waals surface area (Å²) in [6.45, 7) is 3.24. The average molecular weight is 158 g/mol. The number of hydrogen-bond donors (Lipinski definition) is 2. The molecule has 0 saturated heterocycles. The maximum atomic E-state index is 11.0. The number of hydrogen-bond acceptors (Lipinski definition) is 2. The molecule has 0 spiro atoms. The van der Waals surface area contributed by atoms with E-state index in [0.29, 0.717) is 6.42 Å². The highest BCUT2D eigenvalue weighted by atomic mass is 16.2. The van der Waals surface area contributed by atoms with E-state index in [4.69, 9.17) is 0 Å². The zero-order chi connectivity index (χ0) is 8.85. The number of nitrogens with one attached hydrogen (secondary N) is 2. The Morgan fingerprint density at radius 1 is 1.45 bits per heavy atom. The summed E-state index contributed by atoms with van der Waals surface area (Å²) in [6.07, 6.45) is 0.610. The van der Waals surface area contributed by atoms with Crippen LogP contribution in [0.4, 0.5) is 0 Å². The van der Waals surface area contributed by atoms with E-state index >= 15 is 0 Å². The highest BCUT2D eigenvalue weighted by Crippen LogP contribution is 1.89. The molecular weight excluding hydrogens is 144 g/mol. The highest BCUT2D eigenvalue weighted by Gasteiger charge is 2.14. The quantitative estimate of drug-likeness (QED) is 0.589. The second kappa shape index (κ2) is 4.71. The van der Waals surface area contributed by atoms with Crippen LogP contribution in [-0.2, 0) is 9.59 Å². The monoisotopic (exact) mass is 158 g/mol. The number of amides is 2. The zero-order valence-electron chi connectivity index (χ0n) is 7.10. The number of likely N-dealkylation sites (N-methyl/N-ethyl adjacent to an activating group) is 1. The van der Waals surface area contributed by atoms with Crippen molar-refractivity contribution < 1.29 is 9.59 Å². The molecule has 0 aromatic heterocycles. The van der Waals surface area contributed by atoms with Gasteiger partial charge in [-0.15, -0.1) is 0 Å². The Labute approximate surface area is 66.4 Å². The van der Waals surface area contributed by atoms with Crippen molar-refractivity contribution in [1.29, 1.82) is 0 Å². The Hall–Kier alpha value is -1.06. The van der Waals surface area contributed by atoms with Gasteiger partial charge >= 0.3 is 0 Å². The molecule has 2 N–H and O–H groups in total. The van der Waals surface area contributed by atoms with Gasteiger partial charge in [-0.1, -0.05) is 6.92 Å². The molecule has 0 unspecified atom stereocenters. The van der Waals surface area contributed by atoms with Crippen LogP contribution < -0.4 is 10.6 Å². The summed E-state index contributed by atoms with van der Waals surface area (Å²) in [5, 5.41) is 5.00. The maximum Gasteiger partial charge on any atom is 0.242 e. The molecule has 0 radical (unpaired) electrons. The second-order valence-corrected chi connectivity index (χ2v) is 2.28. The van der Waals surface area contributed by atoms with Crippen LogP contribution in [0.15, 0.2) is 0 Å². The fraction of sp³-hybridized carbons (Fsp3) is 0.714. The van der Waals surface area contributed by atoms with Gasteiger partial charge in [0.25, 0.3) is 0 Å². The standard InChI is InChI=1S/C7H14N2O2/c1-4-6(7(11)8-3)9-5(2)10/h6H,4H2,1-3H3,(H,8,11)(H,9,10)/t6-/m0/s1. The molecule has 11 heavy (non-hydrogen) atoms. The van der Waals surface area contributed by atoms with Gasteiger partial charge in [0.2, 0.25) is 11.8 Å². The minimum atomic E-state index is -0.391. The Morgan fingerprint density at radius 2 is 2.00 bits per heavy atom. The van der Waals surface area contributed by atoms with Crippen LogP contribution in [0.1, 0.15) is 20.3 Å². The first-order valence-corrected chi connectivity index (χ1v) is 3.60. The van der Waals surface area contributed by atoms with Gasteiger partial charge in [-0.25, -0.2) is 0 Å². The molecule has 0 aliphatic carbocycles. The molecule has 4 nitrogen and oxygen atoms in total. The lowest BCUT2D eigenvalue weighted by Crippen LogP contribution is -2.44. The smallest absolute Gasteiger partial charge is 0.242 e. The first-order valence-electron chi connectivity index (χ1n) is 3.60. The summed E-state index contributed by atoms with van der Waals surface area (Å²) < 4.78 is 0. The Balaban J connectivity index is 3.94. The first-order chi connectivity index (χ1) is 5.11. The van der Waals surface area contributed by atoms with Gasteiger partial charge in [-0.2, -0.15) is 0 Å². The topological polar surface area (TPSA) is 58.2 Å². The average Bonchev–Trinajstić information content (AvgIpc) is 1.98. The van der Waals surface area contributed by atoms with Gasteiger partial charge in [0.15, 0.2) is 0 Å². The van der Waals surface area contributed by atoms with Crippen LogP contribution >= 0.6 is 0 Å². The fourth-order valence-corrected chi connectivity index (χ4v) is 0.773. The third-order valence-corrected chi connectivity index (χ3v) is 1.35. The summed E-state index contributed by atoms with van der Waals surface area (Å²) in [5.74, 6) is -0.330. The van der Waals surface area contributed by atoms with E-state index in [1.807, 2.05) is 6.92 Å². The Kier molecular flexibility index (Phi) is 4.26. The van der Waals surface area contributed by atoms with Crippen LogP contribution in [0.25, 0.3) is 0 Å². The van der Waals surface area contributed by atoms with Crippen molar-refractivity contribution in [3.8, 4) is 0 Å². The van der Waals surface area contributed by atoms with E-state index in [-0.39, 0.29) is 11.8 Å². The summed E-state index contributed by atoms with van der Waals surface area (Å²) in [5.41, 5.74) is 0. The van der Waals surface area contributed by atoms with Gasteiger partial charge in [0.05, 0.1) is 0 Å². The van der Waals surface area contributed by atoms with E-state index in [1.165, 1.54) is 6.92 Å². The molecule has 0 rings (SSSR count). The van der Waals surface area contributed by atoms with Crippen LogP contribution in [0.5, 0.6) is 0 Å². The Bertz CT molecular complexity index is 157. The third-order valence-electron chi connectivity index (χ3n) is 1.35. The lowest BCUT2D eigenvalue weighted by Gasteiger charge is -2.13. The van der Waals surface area contributed by atoms with Crippen molar-refractivity contribution in [1.82, 2.24) is 10.6 Å². The molecule has 1 atom stereocenters. The van der Waals surface area contributed by atoms with Gasteiger partial charge in [0, 0.05) is 14.0 Å². The van der Waals surface area contributed by atoms with Gasteiger partial charge < -0.3 is 10.6 Å². The van der Waals surface area contributed by atoms with Crippen LogP contribution in [0, 0.1) is 0 Å². The second-order valence-electron chi connectivity index (χ2n) is 2.28. The van der Waals surface area contributed by atoms with E-state index < -0.39 is 6.04 Å². The SMILES string of the molecule is CC[C@H](NC(C)=O)C(=O)NC. The minimum Gasteiger partial charge on any atom is -0.357 e. The number of rotatable bonds is 3. The maximum absolute atomic E-state index is 11.0. The molecule has 4 heteroatoms. The lowest BCUT2D eigenvalue weighted by molar-refractivity contribution is -0.127. The molecule has 2 amide bonds. The molecule has 0 aliphatic heterocycles.